The summed E-state index contributed by atoms with van der Waals surface area (Å²) in [5, 5.41) is 14.9. The molecule has 0 atom stereocenters. The minimum absolute atomic E-state index is 0.0391. The van der Waals surface area contributed by atoms with Crippen LogP contribution in [0.2, 0.25) is 0 Å². The van der Waals surface area contributed by atoms with E-state index in [0.29, 0.717) is 11.1 Å². The van der Waals surface area contributed by atoms with Gasteiger partial charge in [-0.05, 0) is 37.1 Å². The number of carboxylic acid groups (broad SMARTS) is 1. The average molecular weight is 296 g/mol. The Morgan fingerprint density at radius 3 is 2.60 bits per heavy atom. The molecule has 3 N–H and O–H groups in total. The Morgan fingerprint density at radius 1 is 1.35 bits per heavy atom. The summed E-state index contributed by atoms with van der Waals surface area (Å²) in [6, 6.07) is 2.54. The Kier molecular flexibility index (Phi) is 3.45. The molecule has 0 saturated heterocycles. The summed E-state index contributed by atoms with van der Waals surface area (Å²) in [6.07, 6.45) is 1.16. The molecule has 20 heavy (non-hydrogen) atoms. The summed E-state index contributed by atoms with van der Waals surface area (Å²) in [5.41, 5.74) is 0.955. The first-order chi connectivity index (χ1) is 9.31. The second-order valence-electron chi connectivity index (χ2n) is 4.16. The normalized spacial score (nSPS) is 11.3. The van der Waals surface area contributed by atoms with Gasteiger partial charge in [0.25, 0.3) is 10.0 Å². The highest BCUT2D eigenvalue weighted by atomic mass is 32.2. The predicted octanol–water partition coefficient (Wildman–Crippen LogP) is 0.921. The van der Waals surface area contributed by atoms with Crippen LogP contribution in [0.1, 0.15) is 21.5 Å². The van der Waals surface area contributed by atoms with Crippen molar-refractivity contribution in [3.05, 3.63) is 35.2 Å². The third-order valence-electron chi connectivity index (χ3n) is 2.80. The van der Waals surface area contributed by atoms with E-state index < -0.39 is 16.0 Å². The molecule has 2 aromatic rings. The van der Waals surface area contributed by atoms with Crippen molar-refractivity contribution >= 4 is 21.9 Å². The third kappa shape index (κ3) is 2.62. The zero-order valence-corrected chi connectivity index (χ0v) is 11.5. The average Bonchev–Trinajstić information content (AvgIpc) is 2.83. The number of carboxylic acids is 1. The van der Waals surface area contributed by atoms with Gasteiger partial charge in [-0.2, -0.15) is 10.1 Å². The fourth-order valence-electron chi connectivity index (χ4n) is 1.67. The van der Waals surface area contributed by atoms with Gasteiger partial charge in [-0.3, -0.25) is 0 Å². The molecule has 1 heterocycles. The molecule has 1 aromatic carbocycles. The van der Waals surface area contributed by atoms with E-state index in [4.69, 9.17) is 5.11 Å². The Balaban J connectivity index is 2.53. The molecule has 8 nitrogen and oxygen atoms in total. The fourth-order valence-corrected chi connectivity index (χ4v) is 2.98. The molecule has 0 aliphatic carbocycles. The van der Waals surface area contributed by atoms with Crippen LogP contribution in [-0.2, 0) is 10.0 Å². The first-order valence-electron chi connectivity index (χ1n) is 5.54. The standard InChI is InChI=1S/C11H12N4O4S/c1-6-3-8(10(16)17)4-9(7(6)2)20(18,19)15-11-12-5-13-14-11/h3-5H,1-2H3,(H,16,17)(H2,12,13,14,15). The minimum Gasteiger partial charge on any atom is -0.478 e. The van der Waals surface area contributed by atoms with E-state index in [2.05, 4.69) is 19.9 Å². The van der Waals surface area contributed by atoms with E-state index in [0.717, 1.165) is 12.4 Å². The topological polar surface area (TPSA) is 125 Å². The Hall–Kier alpha value is -2.42. The molecule has 0 unspecified atom stereocenters. The molecule has 0 aliphatic heterocycles. The summed E-state index contributed by atoms with van der Waals surface area (Å²) < 4.78 is 26.7. The number of sulfonamides is 1. The monoisotopic (exact) mass is 296 g/mol. The lowest BCUT2D eigenvalue weighted by molar-refractivity contribution is 0.0696. The van der Waals surface area contributed by atoms with Crippen LogP contribution >= 0.6 is 0 Å². The molecule has 0 aliphatic rings. The van der Waals surface area contributed by atoms with Crippen molar-refractivity contribution in [2.75, 3.05) is 4.72 Å². The van der Waals surface area contributed by atoms with Crippen LogP contribution < -0.4 is 4.72 Å². The lowest BCUT2D eigenvalue weighted by Crippen LogP contribution is -2.16. The maximum atomic E-state index is 12.3. The Labute approximate surface area is 114 Å². The molecule has 106 valence electrons. The van der Waals surface area contributed by atoms with E-state index >= 15 is 0 Å². The number of hydrogen-bond donors (Lipinski definition) is 3. The predicted molar refractivity (Wildman–Crippen MR) is 70.1 cm³/mol. The zero-order chi connectivity index (χ0) is 14.9. The molecular weight excluding hydrogens is 284 g/mol. The number of aromatic amines is 1. The number of hydrogen-bond acceptors (Lipinski definition) is 5. The van der Waals surface area contributed by atoms with E-state index in [-0.39, 0.29) is 16.4 Å². The van der Waals surface area contributed by atoms with E-state index in [1.807, 2.05) is 0 Å². The zero-order valence-electron chi connectivity index (χ0n) is 10.7. The van der Waals surface area contributed by atoms with E-state index in [1.54, 1.807) is 13.8 Å². The van der Waals surface area contributed by atoms with Crippen molar-refractivity contribution < 1.29 is 18.3 Å². The van der Waals surface area contributed by atoms with E-state index in [1.165, 1.54) is 6.07 Å². The molecule has 2 rings (SSSR count). The first kappa shape index (κ1) is 14.0. The van der Waals surface area contributed by atoms with Crippen molar-refractivity contribution in [1.82, 2.24) is 15.2 Å². The molecule has 0 bridgehead atoms. The highest BCUT2D eigenvalue weighted by molar-refractivity contribution is 7.92. The molecule has 0 amide bonds. The lowest BCUT2D eigenvalue weighted by Gasteiger charge is -2.11. The van der Waals surface area contributed by atoms with Crippen molar-refractivity contribution in [3.63, 3.8) is 0 Å². The number of nitrogens with one attached hydrogen (secondary N) is 2. The number of H-pyrrole nitrogens is 1. The van der Waals surface area contributed by atoms with Gasteiger partial charge in [0.2, 0.25) is 5.95 Å². The number of nitrogens with zero attached hydrogens (tertiary/aromatic N) is 2. The maximum absolute atomic E-state index is 12.3. The number of benzene rings is 1. The second-order valence-corrected chi connectivity index (χ2v) is 5.81. The van der Waals surface area contributed by atoms with Crippen LogP contribution in [0.15, 0.2) is 23.4 Å². The van der Waals surface area contributed by atoms with Gasteiger partial charge in [0.05, 0.1) is 10.5 Å². The number of aromatic nitrogens is 3. The Bertz CT molecular complexity index is 753. The highest BCUT2D eigenvalue weighted by Crippen LogP contribution is 2.22. The van der Waals surface area contributed by atoms with Gasteiger partial charge in [-0.25, -0.2) is 23.0 Å². The van der Waals surface area contributed by atoms with Gasteiger partial charge in [0.1, 0.15) is 6.33 Å². The van der Waals surface area contributed by atoms with Crippen LogP contribution in [0, 0.1) is 13.8 Å². The summed E-state index contributed by atoms with van der Waals surface area (Å²) in [5.74, 6) is -1.23. The molecule has 0 radical (unpaired) electrons. The lowest BCUT2D eigenvalue weighted by atomic mass is 10.1. The Morgan fingerprint density at radius 2 is 2.05 bits per heavy atom. The number of aromatic carboxylic acids is 1. The highest BCUT2D eigenvalue weighted by Gasteiger charge is 2.21. The summed E-state index contributed by atoms with van der Waals surface area (Å²) in [7, 11) is -3.94. The summed E-state index contributed by atoms with van der Waals surface area (Å²) in [4.78, 5) is 14.6. The van der Waals surface area contributed by atoms with Gasteiger partial charge in [0, 0.05) is 0 Å². The smallest absolute Gasteiger partial charge is 0.335 e. The van der Waals surface area contributed by atoms with Crippen LogP contribution in [0.4, 0.5) is 5.95 Å². The van der Waals surface area contributed by atoms with Crippen molar-refractivity contribution in [2.45, 2.75) is 18.7 Å². The van der Waals surface area contributed by atoms with Gasteiger partial charge in [-0.15, -0.1) is 0 Å². The molecule has 0 fully saturated rings. The first-order valence-corrected chi connectivity index (χ1v) is 7.02. The molecular formula is C11H12N4O4S. The van der Waals surface area contributed by atoms with Crippen LogP contribution in [0.25, 0.3) is 0 Å². The SMILES string of the molecule is Cc1cc(C(=O)O)cc(S(=O)(=O)Nc2ncn[nH]2)c1C. The van der Waals surface area contributed by atoms with E-state index in [9.17, 15) is 13.2 Å². The fraction of sp³-hybridized carbons (Fsp3) is 0.182. The molecule has 9 heteroatoms. The second kappa shape index (κ2) is 4.93. The number of carbonyl (C=O) groups is 1. The molecule has 0 spiro atoms. The third-order valence-corrected chi connectivity index (χ3v) is 4.27. The van der Waals surface area contributed by atoms with Crippen molar-refractivity contribution in [2.24, 2.45) is 0 Å². The van der Waals surface area contributed by atoms with Gasteiger partial charge in [0.15, 0.2) is 0 Å². The largest absolute Gasteiger partial charge is 0.478 e. The van der Waals surface area contributed by atoms with Crippen molar-refractivity contribution in [1.29, 1.82) is 0 Å². The summed E-state index contributed by atoms with van der Waals surface area (Å²) >= 11 is 0. The quantitative estimate of drug-likeness (QED) is 0.770. The van der Waals surface area contributed by atoms with Crippen LogP contribution in [0.5, 0.6) is 0 Å². The molecule has 0 saturated carbocycles. The van der Waals surface area contributed by atoms with Gasteiger partial charge >= 0.3 is 5.97 Å². The van der Waals surface area contributed by atoms with Gasteiger partial charge in [-0.1, -0.05) is 0 Å². The van der Waals surface area contributed by atoms with Crippen LogP contribution in [0.3, 0.4) is 0 Å². The number of rotatable bonds is 4. The summed E-state index contributed by atoms with van der Waals surface area (Å²) in [6.45, 7) is 3.26. The van der Waals surface area contributed by atoms with Crippen LogP contribution in [-0.4, -0.2) is 34.7 Å². The van der Waals surface area contributed by atoms with Crippen molar-refractivity contribution in [3.8, 4) is 0 Å². The number of anilines is 1. The molecule has 1 aromatic heterocycles. The minimum atomic E-state index is -3.94. The van der Waals surface area contributed by atoms with Gasteiger partial charge < -0.3 is 5.11 Å². The number of aryl methyl sites for hydroxylation is 1. The maximum Gasteiger partial charge on any atom is 0.335 e.